The molecule has 0 N–H and O–H groups in total. The van der Waals surface area contributed by atoms with Crippen LogP contribution >= 0.6 is 0 Å². The Balaban J connectivity index is 2.39. The molecule has 106 valence electrons. The number of amides is 1. The molecule has 0 aliphatic rings. The van der Waals surface area contributed by atoms with Crippen molar-refractivity contribution >= 4 is 5.91 Å². The molecule has 0 aliphatic heterocycles. The van der Waals surface area contributed by atoms with Crippen molar-refractivity contribution in [3.8, 4) is 0 Å². The van der Waals surface area contributed by atoms with Gasteiger partial charge in [-0.2, -0.15) is 0 Å². The van der Waals surface area contributed by atoms with E-state index >= 15 is 0 Å². The molecule has 4 nitrogen and oxygen atoms in total. The first kappa shape index (κ1) is 15.6. The van der Waals surface area contributed by atoms with Crippen LogP contribution in [0.3, 0.4) is 0 Å². The van der Waals surface area contributed by atoms with Crippen molar-refractivity contribution in [2.24, 2.45) is 5.92 Å². The van der Waals surface area contributed by atoms with E-state index in [1.807, 2.05) is 19.1 Å². The summed E-state index contributed by atoms with van der Waals surface area (Å²) in [6.07, 6.45) is 4.08. The lowest BCUT2D eigenvalue weighted by Crippen LogP contribution is -2.36. The van der Waals surface area contributed by atoms with Crippen molar-refractivity contribution in [2.75, 3.05) is 13.7 Å². The van der Waals surface area contributed by atoms with E-state index in [1.165, 1.54) is 0 Å². The lowest BCUT2D eigenvalue weighted by atomic mass is 10.1. The van der Waals surface area contributed by atoms with Crippen LogP contribution in [0.15, 0.2) is 24.5 Å². The number of aromatic nitrogens is 1. The Kier molecular flexibility index (Phi) is 6.50. The smallest absolute Gasteiger partial charge is 0.251 e. The second-order valence-electron chi connectivity index (χ2n) is 5.25. The summed E-state index contributed by atoms with van der Waals surface area (Å²) in [5, 5.41) is 0. The Hall–Kier alpha value is -1.42. The topological polar surface area (TPSA) is 42.4 Å². The summed E-state index contributed by atoms with van der Waals surface area (Å²) in [5.41, 5.74) is 1.02. The van der Waals surface area contributed by atoms with Gasteiger partial charge in [-0.05, 0) is 30.9 Å². The highest BCUT2D eigenvalue weighted by molar-refractivity contribution is 5.80. The van der Waals surface area contributed by atoms with Gasteiger partial charge in [-0.25, -0.2) is 0 Å². The lowest BCUT2D eigenvalue weighted by molar-refractivity contribution is -0.142. The SMILES string of the molecule is CC(C)CCOC(C)C(=O)N(C)Cc1cccnc1. The summed E-state index contributed by atoms with van der Waals surface area (Å²) in [5.74, 6) is 0.600. The Morgan fingerprint density at radius 3 is 2.74 bits per heavy atom. The fourth-order valence-electron chi connectivity index (χ4n) is 1.71. The summed E-state index contributed by atoms with van der Waals surface area (Å²) in [6, 6.07) is 3.83. The summed E-state index contributed by atoms with van der Waals surface area (Å²) in [7, 11) is 1.79. The molecule has 0 aromatic carbocycles. The third-order valence-corrected chi connectivity index (χ3v) is 2.93. The van der Waals surface area contributed by atoms with Crippen LogP contribution < -0.4 is 0 Å². The Morgan fingerprint density at radius 1 is 1.42 bits per heavy atom. The number of rotatable bonds is 7. The maximum atomic E-state index is 12.1. The summed E-state index contributed by atoms with van der Waals surface area (Å²) >= 11 is 0. The van der Waals surface area contributed by atoms with E-state index in [0.29, 0.717) is 19.1 Å². The summed E-state index contributed by atoms with van der Waals surface area (Å²) in [6.45, 7) is 7.28. The fraction of sp³-hybridized carbons (Fsp3) is 0.600. The van der Waals surface area contributed by atoms with Crippen LogP contribution in [0.25, 0.3) is 0 Å². The van der Waals surface area contributed by atoms with Gasteiger partial charge < -0.3 is 9.64 Å². The molecule has 1 atom stereocenters. The Bertz CT molecular complexity index is 379. The van der Waals surface area contributed by atoms with Crippen molar-refractivity contribution in [2.45, 2.75) is 39.8 Å². The maximum absolute atomic E-state index is 12.1. The zero-order chi connectivity index (χ0) is 14.3. The van der Waals surface area contributed by atoms with Crippen LogP contribution in [0.5, 0.6) is 0 Å². The predicted octanol–water partition coefficient (Wildman–Crippen LogP) is 2.49. The molecule has 1 rings (SSSR count). The molecular weight excluding hydrogens is 240 g/mol. The molecule has 1 unspecified atom stereocenters. The molecule has 1 aromatic heterocycles. The van der Waals surface area contributed by atoms with E-state index in [4.69, 9.17) is 4.74 Å². The van der Waals surface area contributed by atoms with Gasteiger partial charge in [0.25, 0.3) is 5.91 Å². The highest BCUT2D eigenvalue weighted by Crippen LogP contribution is 2.06. The van der Waals surface area contributed by atoms with Gasteiger partial charge in [0.15, 0.2) is 0 Å². The van der Waals surface area contributed by atoms with E-state index < -0.39 is 0 Å². The van der Waals surface area contributed by atoms with Crippen molar-refractivity contribution in [1.82, 2.24) is 9.88 Å². The van der Waals surface area contributed by atoms with E-state index in [2.05, 4.69) is 18.8 Å². The number of pyridine rings is 1. The molecule has 4 heteroatoms. The van der Waals surface area contributed by atoms with Gasteiger partial charge >= 0.3 is 0 Å². The first-order valence-corrected chi connectivity index (χ1v) is 6.76. The van der Waals surface area contributed by atoms with E-state index in [-0.39, 0.29) is 12.0 Å². The number of ether oxygens (including phenoxy) is 1. The van der Waals surface area contributed by atoms with Crippen LogP contribution in [-0.4, -0.2) is 35.5 Å². The lowest BCUT2D eigenvalue weighted by Gasteiger charge is -2.21. The third-order valence-electron chi connectivity index (χ3n) is 2.93. The number of likely N-dealkylation sites (N-methyl/N-ethyl adjacent to an activating group) is 1. The standard InChI is InChI=1S/C15H24N2O2/c1-12(2)7-9-19-13(3)15(18)17(4)11-14-6-5-8-16-10-14/h5-6,8,10,12-13H,7,9,11H2,1-4H3. The number of hydrogen-bond acceptors (Lipinski definition) is 3. The largest absolute Gasteiger partial charge is 0.369 e. The zero-order valence-corrected chi connectivity index (χ0v) is 12.3. The van der Waals surface area contributed by atoms with Crippen LogP contribution in [0.4, 0.5) is 0 Å². The molecule has 0 spiro atoms. The van der Waals surface area contributed by atoms with Crippen molar-refractivity contribution in [1.29, 1.82) is 0 Å². The highest BCUT2D eigenvalue weighted by Gasteiger charge is 2.18. The third kappa shape index (κ3) is 5.83. The van der Waals surface area contributed by atoms with Gasteiger partial charge in [0.2, 0.25) is 0 Å². The molecule has 0 aliphatic carbocycles. The van der Waals surface area contributed by atoms with Crippen LogP contribution in [-0.2, 0) is 16.1 Å². The maximum Gasteiger partial charge on any atom is 0.251 e. The van der Waals surface area contributed by atoms with Crippen LogP contribution in [0, 0.1) is 5.92 Å². The van der Waals surface area contributed by atoms with Gasteiger partial charge in [-0.15, -0.1) is 0 Å². The number of nitrogens with zero attached hydrogens (tertiary/aromatic N) is 2. The minimum Gasteiger partial charge on any atom is -0.369 e. The first-order valence-electron chi connectivity index (χ1n) is 6.76. The molecule has 1 aromatic rings. The van der Waals surface area contributed by atoms with E-state index in [1.54, 1.807) is 24.3 Å². The number of hydrogen-bond donors (Lipinski definition) is 0. The monoisotopic (exact) mass is 264 g/mol. The molecule has 0 bridgehead atoms. The molecule has 1 amide bonds. The molecule has 0 saturated heterocycles. The summed E-state index contributed by atoms with van der Waals surface area (Å²) in [4.78, 5) is 17.8. The number of carbonyl (C=O) groups excluding carboxylic acids is 1. The summed E-state index contributed by atoms with van der Waals surface area (Å²) < 4.78 is 5.57. The minimum atomic E-state index is -0.388. The normalized spacial score (nSPS) is 12.5. The molecule has 1 heterocycles. The fourth-order valence-corrected chi connectivity index (χ4v) is 1.71. The predicted molar refractivity (Wildman–Crippen MR) is 75.6 cm³/mol. The van der Waals surface area contributed by atoms with Crippen molar-refractivity contribution < 1.29 is 9.53 Å². The molecule has 0 radical (unpaired) electrons. The van der Waals surface area contributed by atoms with Gasteiger partial charge in [0.1, 0.15) is 6.10 Å². The first-order chi connectivity index (χ1) is 9.00. The molecule has 0 fully saturated rings. The average Bonchev–Trinajstić information content (AvgIpc) is 2.38. The second kappa shape index (κ2) is 7.89. The molecule has 19 heavy (non-hydrogen) atoms. The van der Waals surface area contributed by atoms with Gasteiger partial charge in [-0.3, -0.25) is 9.78 Å². The molecule has 0 saturated carbocycles. The van der Waals surface area contributed by atoms with Crippen molar-refractivity contribution in [3.05, 3.63) is 30.1 Å². The Morgan fingerprint density at radius 2 is 2.16 bits per heavy atom. The van der Waals surface area contributed by atoms with Gasteiger partial charge in [-0.1, -0.05) is 19.9 Å². The van der Waals surface area contributed by atoms with E-state index in [0.717, 1.165) is 12.0 Å². The highest BCUT2D eigenvalue weighted by atomic mass is 16.5. The quantitative estimate of drug-likeness (QED) is 0.760. The number of carbonyl (C=O) groups is 1. The Labute approximate surface area is 115 Å². The van der Waals surface area contributed by atoms with Crippen LogP contribution in [0.2, 0.25) is 0 Å². The van der Waals surface area contributed by atoms with Gasteiger partial charge in [0, 0.05) is 32.6 Å². The van der Waals surface area contributed by atoms with E-state index in [9.17, 15) is 4.79 Å². The minimum absolute atomic E-state index is 0.00705. The second-order valence-corrected chi connectivity index (χ2v) is 5.25. The van der Waals surface area contributed by atoms with Crippen LogP contribution in [0.1, 0.15) is 32.8 Å². The molecular formula is C15H24N2O2. The average molecular weight is 264 g/mol. The zero-order valence-electron chi connectivity index (χ0n) is 12.3. The van der Waals surface area contributed by atoms with Gasteiger partial charge in [0.05, 0.1) is 0 Å². The van der Waals surface area contributed by atoms with Crippen molar-refractivity contribution in [3.63, 3.8) is 0 Å².